The summed E-state index contributed by atoms with van der Waals surface area (Å²) in [7, 11) is 0. The van der Waals surface area contributed by atoms with E-state index in [-0.39, 0.29) is 6.61 Å². The zero-order chi connectivity index (χ0) is 13.1. The Hall–Kier alpha value is -1.36. The first-order valence-electron chi connectivity index (χ1n) is 5.76. The van der Waals surface area contributed by atoms with Gasteiger partial charge in [0.25, 0.3) is 0 Å². The number of ether oxygens (including phenoxy) is 2. The average Bonchev–Trinajstić information content (AvgIpc) is 2.26. The average molecular weight is 244 g/mol. The molecule has 0 aromatic heterocycles. The summed E-state index contributed by atoms with van der Waals surface area (Å²) in [6, 6.07) is 0. The van der Waals surface area contributed by atoms with Crippen molar-refractivity contribution in [2.45, 2.75) is 39.2 Å². The lowest BCUT2D eigenvalue weighted by Gasteiger charge is -2.03. The molecule has 0 aliphatic heterocycles. The largest absolute Gasteiger partial charge is 0.463 e. The number of carbonyl (C=O) groups is 2. The van der Waals surface area contributed by atoms with Gasteiger partial charge in [-0.05, 0) is 13.3 Å². The van der Waals surface area contributed by atoms with Crippen LogP contribution in [0.15, 0.2) is 12.2 Å². The fraction of sp³-hybridized carbons (Fsp3) is 0.667. The Kier molecular flexibility index (Phi) is 9.05. The van der Waals surface area contributed by atoms with Crippen molar-refractivity contribution < 1.29 is 24.2 Å². The molecule has 0 fully saturated rings. The zero-order valence-electron chi connectivity index (χ0n) is 10.3. The van der Waals surface area contributed by atoms with Gasteiger partial charge in [-0.15, -0.1) is 0 Å². The molecule has 0 spiro atoms. The molecular formula is C12H20O5. The maximum Gasteiger partial charge on any atom is 0.331 e. The van der Waals surface area contributed by atoms with Crippen molar-refractivity contribution in [1.82, 2.24) is 0 Å². The van der Waals surface area contributed by atoms with Gasteiger partial charge in [-0.2, -0.15) is 0 Å². The Morgan fingerprint density at radius 3 is 2.18 bits per heavy atom. The van der Waals surface area contributed by atoms with Crippen LogP contribution in [-0.4, -0.2) is 36.4 Å². The molecule has 1 N–H and O–H groups in total. The van der Waals surface area contributed by atoms with Crippen LogP contribution in [-0.2, 0) is 19.1 Å². The Labute approximate surface area is 101 Å². The molecule has 0 aromatic rings. The van der Waals surface area contributed by atoms with Crippen LogP contribution in [0.1, 0.15) is 33.1 Å². The molecular weight excluding hydrogens is 224 g/mol. The molecule has 0 bridgehead atoms. The van der Waals surface area contributed by atoms with E-state index in [9.17, 15) is 9.59 Å². The van der Waals surface area contributed by atoms with Crippen LogP contribution in [0.5, 0.6) is 0 Å². The third-order valence-electron chi connectivity index (χ3n) is 1.88. The van der Waals surface area contributed by atoms with Gasteiger partial charge in [0.2, 0.25) is 0 Å². The van der Waals surface area contributed by atoms with E-state index >= 15 is 0 Å². The SMILES string of the molecule is CCCCOC(=O)/C=C\C(=O)OCCC(C)O. The van der Waals surface area contributed by atoms with Crippen molar-refractivity contribution in [1.29, 1.82) is 0 Å². The lowest BCUT2D eigenvalue weighted by molar-refractivity contribution is -0.140. The maximum absolute atomic E-state index is 11.1. The molecule has 0 saturated heterocycles. The quantitative estimate of drug-likeness (QED) is 0.394. The van der Waals surface area contributed by atoms with E-state index in [0.717, 1.165) is 25.0 Å². The molecule has 5 nitrogen and oxygen atoms in total. The van der Waals surface area contributed by atoms with Crippen molar-refractivity contribution in [3.05, 3.63) is 12.2 Å². The highest BCUT2D eigenvalue weighted by atomic mass is 16.5. The van der Waals surface area contributed by atoms with Crippen LogP contribution in [0.3, 0.4) is 0 Å². The van der Waals surface area contributed by atoms with Crippen LogP contribution >= 0.6 is 0 Å². The van der Waals surface area contributed by atoms with Gasteiger partial charge in [-0.1, -0.05) is 13.3 Å². The van der Waals surface area contributed by atoms with E-state index in [1.807, 2.05) is 6.92 Å². The minimum absolute atomic E-state index is 0.131. The summed E-state index contributed by atoms with van der Waals surface area (Å²) < 4.78 is 9.54. The molecule has 5 heteroatoms. The van der Waals surface area contributed by atoms with Crippen molar-refractivity contribution in [3.8, 4) is 0 Å². The Bertz CT molecular complexity index is 258. The summed E-state index contributed by atoms with van der Waals surface area (Å²) in [6.45, 7) is 4.08. The van der Waals surface area contributed by atoms with Gasteiger partial charge in [0, 0.05) is 18.6 Å². The number of aliphatic hydroxyl groups is 1. The minimum atomic E-state index is -0.613. The molecule has 98 valence electrons. The summed E-state index contributed by atoms with van der Waals surface area (Å²) in [4.78, 5) is 22.1. The van der Waals surface area contributed by atoms with Crippen LogP contribution in [0.2, 0.25) is 0 Å². The van der Waals surface area contributed by atoms with Crippen LogP contribution in [0.25, 0.3) is 0 Å². The monoisotopic (exact) mass is 244 g/mol. The van der Waals surface area contributed by atoms with Gasteiger partial charge in [0.05, 0.1) is 19.3 Å². The molecule has 0 aliphatic rings. The first kappa shape index (κ1) is 15.6. The molecule has 17 heavy (non-hydrogen) atoms. The summed E-state index contributed by atoms with van der Waals surface area (Å²) in [6.07, 6.45) is 3.68. The highest BCUT2D eigenvalue weighted by Gasteiger charge is 2.02. The van der Waals surface area contributed by atoms with E-state index < -0.39 is 18.0 Å². The van der Waals surface area contributed by atoms with Gasteiger partial charge in [-0.25, -0.2) is 9.59 Å². The summed E-state index contributed by atoms with van der Waals surface area (Å²) in [5.74, 6) is -1.16. The van der Waals surface area contributed by atoms with E-state index in [1.54, 1.807) is 6.92 Å². The van der Waals surface area contributed by atoms with Gasteiger partial charge in [-0.3, -0.25) is 0 Å². The Balaban J connectivity index is 3.67. The molecule has 0 amide bonds. The fourth-order valence-corrected chi connectivity index (χ4v) is 0.879. The van der Waals surface area contributed by atoms with E-state index in [2.05, 4.69) is 0 Å². The van der Waals surface area contributed by atoms with Crippen LogP contribution in [0.4, 0.5) is 0 Å². The number of carbonyl (C=O) groups excluding carboxylic acids is 2. The number of unbranched alkanes of at least 4 members (excludes halogenated alkanes) is 1. The summed E-state index contributed by atoms with van der Waals surface area (Å²) >= 11 is 0. The molecule has 0 heterocycles. The standard InChI is InChI=1S/C12H20O5/c1-3-4-8-16-11(14)5-6-12(15)17-9-7-10(2)13/h5-6,10,13H,3-4,7-9H2,1-2H3/b6-5-. The zero-order valence-corrected chi connectivity index (χ0v) is 10.3. The van der Waals surface area contributed by atoms with Crippen molar-refractivity contribution in [2.24, 2.45) is 0 Å². The molecule has 0 saturated carbocycles. The predicted molar refractivity (Wildman–Crippen MR) is 62.3 cm³/mol. The molecule has 0 radical (unpaired) electrons. The first-order valence-corrected chi connectivity index (χ1v) is 5.76. The van der Waals surface area contributed by atoms with Crippen LogP contribution in [0, 0.1) is 0 Å². The van der Waals surface area contributed by atoms with Gasteiger partial charge in [0.1, 0.15) is 0 Å². The molecule has 1 atom stereocenters. The van der Waals surface area contributed by atoms with Crippen molar-refractivity contribution >= 4 is 11.9 Å². The van der Waals surface area contributed by atoms with Gasteiger partial charge >= 0.3 is 11.9 Å². The maximum atomic E-state index is 11.1. The van der Waals surface area contributed by atoms with Gasteiger partial charge < -0.3 is 14.6 Å². The minimum Gasteiger partial charge on any atom is -0.463 e. The van der Waals surface area contributed by atoms with E-state index in [0.29, 0.717) is 13.0 Å². The van der Waals surface area contributed by atoms with Gasteiger partial charge in [0.15, 0.2) is 0 Å². The molecule has 1 unspecified atom stereocenters. The Morgan fingerprint density at radius 2 is 1.71 bits per heavy atom. The summed E-state index contributed by atoms with van der Waals surface area (Å²) in [5.41, 5.74) is 0. The predicted octanol–water partition coefficient (Wildman–Crippen LogP) is 1.20. The number of aliphatic hydroxyl groups excluding tert-OH is 1. The second-order valence-corrected chi connectivity index (χ2v) is 3.66. The smallest absolute Gasteiger partial charge is 0.331 e. The number of hydrogen-bond donors (Lipinski definition) is 1. The molecule has 0 aliphatic carbocycles. The van der Waals surface area contributed by atoms with Crippen molar-refractivity contribution in [3.63, 3.8) is 0 Å². The van der Waals surface area contributed by atoms with Crippen molar-refractivity contribution in [2.75, 3.05) is 13.2 Å². The normalized spacial score (nSPS) is 12.4. The molecule has 0 rings (SSSR count). The lowest BCUT2D eigenvalue weighted by atomic mass is 10.3. The number of rotatable bonds is 8. The molecule has 0 aromatic carbocycles. The van der Waals surface area contributed by atoms with Crippen LogP contribution < -0.4 is 0 Å². The van der Waals surface area contributed by atoms with E-state index in [1.165, 1.54) is 0 Å². The number of esters is 2. The first-order chi connectivity index (χ1) is 8.06. The number of hydrogen-bond acceptors (Lipinski definition) is 5. The topological polar surface area (TPSA) is 72.8 Å². The highest BCUT2D eigenvalue weighted by Crippen LogP contribution is 1.93. The summed E-state index contributed by atoms with van der Waals surface area (Å²) in [5, 5.41) is 8.92. The third-order valence-corrected chi connectivity index (χ3v) is 1.88. The lowest BCUT2D eigenvalue weighted by Crippen LogP contribution is -2.09. The second kappa shape index (κ2) is 9.84. The third kappa shape index (κ3) is 10.9. The highest BCUT2D eigenvalue weighted by molar-refractivity contribution is 5.91. The van der Waals surface area contributed by atoms with E-state index in [4.69, 9.17) is 14.6 Å². The second-order valence-electron chi connectivity index (χ2n) is 3.66. The Morgan fingerprint density at radius 1 is 1.18 bits per heavy atom. The fourth-order valence-electron chi connectivity index (χ4n) is 0.879.